The molecule has 7 nitrogen and oxygen atoms in total. The van der Waals surface area contributed by atoms with Crippen LogP contribution >= 0.6 is 0 Å². The second-order valence-corrected chi connectivity index (χ2v) is 10.5. The molecule has 4 aromatic rings. The maximum Gasteiger partial charge on any atom is 0.246 e. The van der Waals surface area contributed by atoms with E-state index in [-0.39, 0.29) is 40.2 Å². The number of carbonyl (C=O) groups excluding carboxylic acids is 1. The standard InChI is InChI=1S/C28H25F2N5O2/c1-14(15(2)36)22-13-37-26(33-22)21-11-31-12-23(32-21)28-9-8-17(27(28,3)4)16-10-20(34-35-25(16)28)24-18(29)6-5-7-19(24)30/h5-7,10-14,17H,8-9H2,1-4H3/t14-,17+,28+/m1/s1. The van der Waals surface area contributed by atoms with Gasteiger partial charge in [0.15, 0.2) is 0 Å². The van der Waals surface area contributed by atoms with E-state index in [1.807, 2.05) is 0 Å². The van der Waals surface area contributed by atoms with Gasteiger partial charge in [0.1, 0.15) is 29.4 Å². The van der Waals surface area contributed by atoms with Crippen molar-refractivity contribution >= 4 is 5.78 Å². The lowest BCUT2D eigenvalue weighted by atomic mass is 9.66. The van der Waals surface area contributed by atoms with Crippen molar-refractivity contribution in [1.29, 1.82) is 0 Å². The number of ketones is 1. The molecule has 3 aromatic heterocycles. The molecule has 6 rings (SSSR count). The zero-order valence-corrected chi connectivity index (χ0v) is 20.9. The summed E-state index contributed by atoms with van der Waals surface area (Å²) in [6.07, 6.45) is 6.45. The van der Waals surface area contributed by atoms with Crippen molar-refractivity contribution < 1.29 is 18.0 Å². The summed E-state index contributed by atoms with van der Waals surface area (Å²) in [6, 6.07) is 5.55. The Morgan fingerprint density at radius 1 is 1.11 bits per heavy atom. The number of benzene rings is 1. The van der Waals surface area contributed by atoms with Crippen LogP contribution in [-0.2, 0) is 10.2 Å². The third-order valence-electron chi connectivity index (χ3n) is 8.47. The normalized spacial score (nSPS) is 22.2. The first-order chi connectivity index (χ1) is 17.6. The van der Waals surface area contributed by atoms with Gasteiger partial charge >= 0.3 is 0 Å². The highest BCUT2D eigenvalue weighted by Crippen LogP contribution is 2.69. The molecule has 9 heteroatoms. The van der Waals surface area contributed by atoms with E-state index in [0.717, 1.165) is 29.8 Å². The van der Waals surface area contributed by atoms with E-state index in [0.29, 0.717) is 11.4 Å². The van der Waals surface area contributed by atoms with Crippen molar-refractivity contribution in [1.82, 2.24) is 25.1 Å². The van der Waals surface area contributed by atoms with Gasteiger partial charge < -0.3 is 4.42 Å². The number of rotatable bonds is 5. The van der Waals surface area contributed by atoms with Crippen molar-refractivity contribution in [2.24, 2.45) is 5.41 Å². The van der Waals surface area contributed by atoms with E-state index in [9.17, 15) is 13.6 Å². The van der Waals surface area contributed by atoms with Crippen LogP contribution < -0.4 is 0 Å². The van der Waals surface area contributed by atoms with E-state index in [2.05, 4.69) is 34.0 Å². The molecule has 2 bridgehead atoms. The second-order valence-electron chi connectivity index (χ2n) is 10.5. The van der Waals surface area contributed by atoms with Crippen LogP contribution in [-0.4, -0.2) is 30.9 Å². The van der Waals surface area contributed by atoms with Gasteiger partial charge in [-0.3, -0.25) is 9.78 Å². The molecule has 0 saturated heterocycles. The average Bonchev–Trinajstić information content (AvgIpc) is 3.52. The van der Waals surface area contributed by atoms with Gasteiger partial charge in [0.2, 0.25) is 5.89 Å². The van der Waals surface area contributed by atoms with Crippen LogP contribution in [0.2, 0.25) is 0 Å². The highest BCUT2D eigenvalue weighted by molar-refractivity contribution is 5.82. The molecule has 1 aromatic carbocycles. The van der Waals surface area contributed by atoms with Crippen LogP contribution in [0.4, 0.5) is 8.78 Å². The summed E-state index contributed by atoms with van der Waals surface area (Å²) in [4.78, 5) is 25.6. The quantitative estimate of drug-likeness (QED) is 0.343. The maximum atomic E-state index is 14.5. The number of oxazole rings is 1. The lowest BCUT2D eigenvalue weighted by Gasteiger charge is -2.37. The van der Waals surface area contributed by atoms with Crippen LogP contribution in [0.25, 0.3) is 22.8 Å². The first-order valence-electron chi connectivity index (χ1n) is 12.3. The molecule has 1 fully saturated rings. The molecule has 0 radical (unpaired) electrons. The van der Waals surface area contributed by atoms with Crippen LogP contribution in [0.3, 0.4) is 0 Å². The fraction of sp³-hybridized carbons (Fsp3) is 0.357. The molecule has 0 amide bonds. The van der Waals surface area contributed by atoms with Crippen molar-refractivity contribution in [2.75, 3.05) is 0 Å². The number of hydrogen-bond acceptors (Lipinski definition) is 7. The third-order valence-corrected chi connectivity index (χ3v) is 8.47. The summed E-state index contributed by atoms with van der Waals surface area (Å²) in [6.45, 7) is 7.63. The van der Waals surface area contributed by atoms with Gasteiger partial charge in [0.25, 0.3) is 0 Å². The Morgan fingerprint density at radius 2 is 1.86 bits per heavy atom. The number of Topliss-reactive ketones (excluding diaryl/α,β-unsaturated/α-hetero) is 1. The summed E-state index contributed by atoms with van der Waals surface area (Å²) in [5.74, 6) is -1.33. The Hall–Kier alpha value is -3.88. The van der Waals surface area contributed by atoms with E-state index in [1.165, 1.54) is 31.4 Å². The molecule has 0 spiro atoms. The summed E-state index contributed by atoms with van der Waals surface area (Å²) >= 11 is 0. The van der Waals surface area contributed by atoms with Gasteiger partial charge in [0.05, 0.1) is 45.9 Å². The molecule has 188 valence electrons. The van der Waals surface area contributed by atoms with Gasteiger partial charge in [-0.2, -0.15) is 5.10 Å². The maximum absolute atomic E-state index is 14.5. The number of carbonyl (C=O) groups is 1. The van der Waals surface area contributed by atoms with E-state index >= 15 is 0 Å². The van der Waals surface area contributed by atoms with Gasteiger partial charge in [-0.1, -0.05) is 19.9 Å². The fourth-order valence-electron chi connectivity index (χ4n) is 6.24. The highest BCUT2D eigenvalue weighted by atomic mass is 19.1. The van der Waals surface area contributed by atoms with Gasteiger partial charge in [0, 0.05) is 6.20 Å². The molecule has 2 aliphatic rings. The topological polar surface area (TPSA) is 94.7 Å². The lowest BCUT2D eigenvalue weighted by molar-refractivity contribution is -0.118. The Bertz CT molecular complexity index is 1550. The monoisotopic (exact) mass is 501 g/mol. The smallest absolute Gasteiger partial charge is 0.246 e. The van der Waals surface area contributed by atoms with Crippen molar-refractivity contribution in [2.45, 2.75) is 57.8 Å². The van der Waals surface area contributed by atoms with Crippen molar-refractivity contribution in [3.8, 4) is 22.8 Å². The fourth-order valence-corrected chi connectivity index (χ4v) is 6.24. The van der Waals surface area contributed by atoms with Gasteiger partial charge in [-0.05, 0) is 61.8 Å². The molecule has 0 unspecified atom stereocenters. The summed E-state index contributed by atoms with van der Waals surface area (Å²) in [5.41, 5.74) is 2.54. The Morgan fingerprint density at radius 3 is 2.59 bits per heavy atom. The number of fused-ring (bicyclic) bond motifs is 5. The molecule has 0 N–H and O–H groups in total. The van der Waals surface area contributed by atoms with Gasteiger partial charge in [-0.15, -0.1) is 5.10 Å². The minimum atomic E-state index is -0.672. The Kier molecular flexibility index (Phi) is 5.12. The van der Waals surface area contributed by atoms with Crippen molar-refractivity contribution in [3.63, 3.8) is 0 Å². The molecule has 2 aliphatic carbocycles. The average molecular weight is 502 g/mol. The predicted molar refractivity (Wildman–Crippen MR) is 131 cm³/mol. The number of aromatic nitrogens is 5. The Balaban J connectivity index is 1.46. The molecule has 37 heavy (non-hydrogen) atoms. The molecular formula is C28H25F2N5O2. The van der Waals surface area contributed by atoms with Crippen LogP contribution in [0.1, 0.15) is 75.0 Å². The Labute approximate surface area is 212 Å². The largest absolute Gasteiger partial charge is 0.443 e. The van der Waals surface area contributed by atoms with E-state index in [1.54, 1.807) is 25.4 Å². The van der Waals surface area contributed by atoms with Crippen LogP contribution in [0, 0.1) is 17.0 Å². The molecule has 0 aliphatic heterocycles. The summed E-state index contributed by atoms with van der Waals surface area (Å²) in [5, 5.41) is 8.84. The number of nitrogens with zero attached hydrogens (tertiary/aromatic N) is 5. The number of halogens is 2. The highest BCUT2D eigenvalue weighted by Gasteiger charge is 2.65. The van der Waals surface area contributed by atoms with E-state index < -0.39 is 17.0 Å². The number of hydrogen-bond donors (Lipinski definition) is 0. The first kappa shape index (κ1) is 23.5. The first-order valence-corrected chi connectivity index (χ1v) is 12.3. The summed E-state index contributed by atoms with van der Waals surface area (Å²) in [7, 11) is 0. The van der Waals surface area contributed by atoms with E-state index in [4.69, 9.17) is 9.40 Å². The van der Waals surface area contributed by atoms with Crippen molar-refractivity contribution in [3.05, 3.63) is 77.2 Å². The van der Waals surface area contributed by atoms with Gasteiger partial charge in [-0.25, -0.2) is 18.7 Å². The second kappa shape index (κ2) is 8.06. The molecular weight excluding hydrogens is 476 g/mol. The zero-order chi connectivity index (χ0) is 26.1. The minimum absolute atomic E-state index is 0.00640. The lowest BCUT2D eigenvalue weighted by Crippen LogP contribution is -2.38. The molecule has 3 heterocycles. The zero-order valence-electron chi connectivity index (χ0n) is 20.9. The minimum Gasteiger partial charge on any atom is -0.443 e. The summed E-state index contributed by atoms with van der Waals surface area (Å²) < 4.78 is 34.7. The molecule has 1 saturated carbocycles. The van der Waals surface area contributed by atoms with Crippen LogP contribution in [0.15, 0.2) is 47.3 Å². The van der Waals surface area contributed by atoms with Crippen LogP contribution in [0.5, 0.6) is 0 Å². The SMILES string of the molecule is CC(=O)[C@@H](C)c1coc(-c2cncc([C@@]34CC[C@@H](c5cc(-c6c(F)cccc6F)nnc53)C4(C)C)n2)n1. The molecule has 3 atom stereocenters. The third kappa shape index (κ3) is 3.22. The predicted octanol–water partition coefficient (Wildman–Crippen LogP) is 5.76.